The highest BCUT2D eigenvalue weighted by molar-refractivity contribution is 5.40. The molecule has 130 valence electrons. The van der Waals surface area contributed by atoms with Crippen molar-refractivity contribution in [1.29, 1.82) is 0 Å². The number of benzene rings is 1. The first-order chi connectivity index (χ1) is 12.0. The van der Waals surface area contributed by atoms with Gasteiger partial charge in [-0.1, -0.05) is 6.92 Å². The van der Waals surface area contributed by atoms with Crippen molar-refractivity contribution < 1.29 is 8.78 Å². The lowest BCUT2D eigenvalue weighted by Crippen LogP contribution is -2.14. The predicted molar refractivity (Wildman–Crippen MR) is 91.6 cm³/mol. The molecule has 1 N–H and O–H groups in total. The molecule has 0 saturated carbocycles. The molecule has 0 radical (unpaired) electrons. The number of nitrogens with one attached hydrogen (secondary N) is 1. The zero-order valence-electron chi connectivity index (χ0n) is 14.3. The fourth-order valence-electron chi connectivity index (χ4n) is 2.74. The second-order valence-electron chi connectivity index (χ2n) is 5.89. The molecule has 0 aliphatic rings. The Hall–Kier alpha value is -2.83. The van der Waals surface area contributed by atoms with Gasteiger partial charge in [0, 0.05) is 11.3 Å². The van der Waals surface area contributed by atoms with Crippen LogP contribution < -0.4 is 5.32 Å². The molecule has 25 heavy (non-hydrogen) atoms. The van der Waals surface area contributed by atoms with E-state index in [1.807, 2.05) is 26.8 Å². The summed E-state index contributed by atoms with van der Waals surface area (Å²) in [7, 11) is 0. The van der Waals surface area contributed by atoms with Crippen LogP contribution in [-0.2, 0) is 0 Å². The van der Waals surface area contributed by atoms with Gasteiger partial charge >= 0.3 is 0 Å². The van der Waals surface area contributed by atoms with E-state index < -0.39 is 17.7 Å². The molecule has 0 aliphatic carbocycles. The molecule has 0 amide bonds. The Labute approximate surface area is 144 Å². The van der Waals surface area contributed by atoms with Gasteiger partial charge in [0.2, 0.25) is 0 Å². The number of halogens is 2. The number of nitrogens with zero attached hydrogens (tertiary/aromatic N) is 4. The monoisotopic (exact) mass is 343 g/mol. The average Bonchev–Trinajstić information content (AvgIpc) is 2.94. The summed E-state index contributed by atoms with van der Waals surface area (Å²) < 4.78 is 29.1. The summed E-state index contributed by atoms with van der Waals surface area (Å²) in [5.74, 6) is 0.164. The summed E-state index contributed by atoms with van der Waals surface area (Å²) in [5.41, 5.74) is 2.13. The van der Waals surface area contributed by atoms with E-state index in [-0.39, 0.29) is 5.56 Å². The average molecular weight is 343 g/mol. The Morgan fingerprint density at radius 2 is 1.88 bits per heavy atom. The largest absolute Gasteiger partial charge is 0.362 e. The number of hydrogen-bond acceptors (Lipinski definition) is 4. The Kier molecular flexibility index (Phi) is 4.74. The summed E-state index contributed by atoms with van der Waals surface area (Å²) in [6.07, 6.45) is 0.571. The van der Waals surface area contributed by atoms with Crippen LogP contribution in [0.2, 0.25) is 0 Å². The molecule has 1 unspecified atom stereocenters. The number of aromatic nitrogens is 4. The van der Waals surface area contributed by atoms with Gasteiger partial charge in [0.25, 0.3) is 0 Å². The maximum Gasteiger partial charge on any atom is 0.176 e. The second-order valence-corrected chi connectivity index (χ2v) is 5.89. The topological polar surface area (TPSA) is 55.6 Å². The molecule has 2 heterocycles. The van der Waals surface area contributed by atoms with Crippen molar-refractivity contribution in [3.8, 4) is 5.82 Å². The van der Waals surface area contributed by atoms with Crippen molar-refractivity contribution in [1.82, 2.24) is 20.0 Å². The van der Waals surface area contributed by atoms with Crippen molar-refractivity contribution in [2.45, 2.75) is 33.2 Å². The fraction of sp³-hybridized carbons (Fsp3) is 0.278. The number of rotatable bonds is 5. The van der Waals surface area contributed by atoms with Gasteiger partial charge in [0.1, 0.15) is 17.5 Å². The van der Waals surface area contributed by atoms with Crippen LogP contribution in [0.3, 0.4) is 0 Å². The molecule has 5 nitrogen and oxygen atoms in total. The van der Waals surface area contributed by atoms with Gasteiger partial charge in [-0.05, 0) is 56.7 Å². The molecule has 1 aromatic carbocycles. The first kappa shape index (κ1) is 17.0. The van der Waals surface area contributed by atoms with Gasteiger partial charge in [0.05, 0.1) is 11.7 Å². The van der Waals surface area contributed by atoms with Crippen LogP contribution in [0.1, 0.15) is 36.3 Å². The molecule has 7 heteroatoms. The van der Waals surface area contributed by atoms with E-state index in [4.69, 9.17) is 0 Å². The Morgan fingerprint density at radius 3 is 2.48 bits per heavy atom. The predicted octanol–water partition coefficient (Wildman–Crippen LogP) is 4.12. The maximum atomic E-state index is 14.0. The Balaban J connectivity index is 1.82. The Bertz CT molecular complexity index is 874. The van der Waals surface area contributed by atoms with Crippen molar-refractivity contribution in [2.75, 3.05) is 5.32 Å². The third kappa shape index (κ3) is 3.65. The number of anilines is 1. The van der Waals surface area contributed by atoms with E-state index in [1.165, 1.54) is 6.07 Å². The molecule has 0 bridgehead atoms. The van der Waals surface area contributed by atoms with E-state index in [0.29, 0.717) is 18.1 Å². The van der Waals surface area contributed by atoms with E-state index in [0.717, 1.165) is 23.5 Å². The first-order valence-electron chi connectivity index (χ1n) is 8.06. The molecule has 0 spiro atoms. The molecule has 0 aliphatic heterocycles. The number of hydrogen-bond donors (Lipinski definition) is 1. The van der Waals surface area contributed by atoms with E-state index in [1.54, 1.807) is 16.8 Å². The molecule has 1 atom stereocenters. The Morgan fingerprint density at radius 1 is 1.08 bits per heavy atom. The second kappa shape index (κ2) is 6.96. The minimum Gasteiger partial charge on any atom is -0.362 e. The lowest BCUT2D eigenvalue weighted by Gasteiger charge is -2.18. The lowest BCUT2D eigenvalue weighted by atomic mass is 10.0. The van der Waals surface area contributed by atoms with Crippen LogP contribution in [0.4, 0.5) is 14.6 Å². The highest BCUT2D eigenvalue weighted by atomic mass is 19.1. The molecule has 0 saturated heterocycles. The summed E-state index contributed by atoms with van der Waals surface area (Å²) in [5, 5.41) is 15.8. The van der Waals surface area contributed by atoms with E-state index in [9.17, 15) is 8.78 Å². The lowest BCUT2D eigenvalue weighted by molar-refractivity contribution is 0.566. The molecule has 0 fully saturated rings. The summed E-state index contributed by atoms with van der Waals surface area (Å²) >= 11 is 0. The van der Waals surface area contributed by atoms with Gasteiger partial charge in [-0.2, -0.15) is 5.10 Å². The molecular formula is C18H19F2N5. The molecule has 3 rings (SSSR count). The normalized spacial score (nSPS) is 12.2. The van der Waals surface area contributed by atoms with Crippen LogP contribution in [-0.4, -0.2) is 20.0 Å². The van der Waals surface area contributed by atoms with Crippen LogP contribution in [0.5, 0.6) is 0 Å². The van der Waals surface area contributed by atoms with Crippen molar-refractivity contribution in [3.05, 3.63) is 65.0 Å². The van der Waals surface area contributed by atoms with Crippen LogP contribution in [0.25, 0.3) is 5.82 Å². The fourth-order valence-corrected chi connectivity index (χ4v) is 2.74. The summed E-state index contributed by atoms with van der Waals surface area (Å²) in [6, 6.07) is 8.52. The minimum atomic E-state index is -0.470. The van der Waals surface area contributed by atoms with E-state index >= 15 is 0 Å². The van der Waals surface area contributed by atoms with Crippen LogP contribution >= 0.6 is 0 Å². The van der Waals surface area contributed by atoms with E-state index in [2.05, 4.69) is 20.6 Å². The van der Waals surface area contributed by atoms with Gasteiger partial charge in [-0.15, -0.1) is 10.2 Å². The third-order valence-electron chi connectivity index (χ3n) is 3.94. The minimum absolute atomic E-state index is 0.270. The molecule has 3 aromatic rings. The number of aryl methyl sites for hydroxylation is 2. The van der Waals surface area contributed by atoms with Crippen LogP contribution in [0.15, 0.2) is 36.4 Å². The van der Waals surface area contributed by atoms with Gasteiger partial charge < -0.3 is 5.32 Å². The first-order valence-corrected chi connectivity index (χ1v) is 8.06. The quantitative estimate of drug-likeness (QED) is 0.757. The van der Waals surface area contributed by atoms with Gasteiger partial charge in [-0.25, -0.2) is 13.5 Å². The van der Waals surface area contributed by atoms with Crippen molar-refractivity contribution in [3.63, 3.8) is 0 Å². The zero-order chi connectivity index (χ0) is 18.0. The maximum absolute atomic E-state index is 14.0. The third-order valence-corrected chi connectivity index (χ3v) is 3.94. The van der Waals surface area contributed by atoms with Crippen LogP contribution in [0, 0.1) is 25.5 Å². The highest BCUT2D eigenvalue weighted by Crippen LogP contribution is 2.25. The van der Waals surface area contributed by atoms with Crippen molar-refractivity contribution in [2.24, 2.45) is 0 Å². The van der Waals surface area contributed by atoms with Gasteiger partial charge in [-0.3, -0.25) is 0 Å². The smallest absolute Gasteiger partial charge is 0.176 e. The molecule has 2 aromatic heterocycles. The molecular weight excluding hydrogens is 324 g/mol. The highest BCUT2D eigenvalue weighted by Gasteiger charge is 2.16. The van der Waals surface area contributed by atoms with Crippen molar-refractivity contribution >= 4 is 5.82 Å². The standard InChI is InChI=1S/C18H19F2N5/c1-4-16(14-10-13(19)5-6-15(14)20)21-17-7-8-18(23-22-17)25-12(3)9-11(2)24-25/h5-10,16H,4H2,1-3H3,(H,21,22). The zero-order valence-corrected chi connectivity index (χ0v) is 14.3. The van der Waals surface area contributed by atoms with Gasteiger partial charge in [0.15, 0.2) is 5.82 Å². The summed E-state index contributed by atoms with van der Waals surface area (Å²) in [4.78, 5) is 0. The SMILES string of the molecule is CCC(Nc1ccc(-n2nc(C)cc2C)nn1)c1cc(F)ccc1F. The summed E-state index contributed by atoms with van der Waals surface area (Å²) in [6.45, 7) is 5.74.